The second-order valence-electron chi connectivity index (χ2n) is 8.37. The lowest BCUT2D eigenvalue weighted by Crippen LogP contribution is -2.25. The molecule has 8 nitrogen and oxygen atoms in total. The number of alkyl halides is 3. The van der Waals surface area contributed by atoms with Crippen molar-refractivity contribution >= 4 is 28.9 Å². The van der Waals surface area contributed by atoms with Gasteiger partial charge in [0.05, 0.1) is 40.3 Å². The number of pyridine rings is 1. The van der Waals surface area contributed by atoms with Crippen LogP contribution in [-0.2, 0) is 10.9 Å². The van der Waals surface area contributed by atoms with E-state index >= 15 is 0 Å². The number of carbonyl (C=O) groups excluding carboxylic acids is 1. The highest BCUT2D eigenvalue weighted by Gasteiger charge is 2.33. The van der Waals surface area contributed by atoms with Gasteiger partial charge in [-0.25, -0.2) is 4.79 Å². The third-order valence-corrected chi connectivity index (χ3v) is 5.71. The Morgan fingerprint density at radius 2 is 1.77 bits per heavy atom. The Morgan fingerprint density at radius 1 is 1.05 bits per heavy atom. The second-order valence-corrected chi connectivity index (χ2v) is 8.77. The molecular weight excluding hydrogens is 537 g/mol. The van der Waals surface area contributed by atoms with E-state index in [0.717, 1.165) is 11.8 Å². The minimum absolute atomic E-state index is 0.0875. The Balaban J connectivity index is 1.36. The number of rotatable bonds is 10. The van der Waals surface area contributed by atoms with E-state index < -0.39 is 23.9 Å². The number of esters is 1. The monoisotopic (exact) mass is 560 g/mol. The maximum atomic E-state index is 13.1. The minimum atomic E-state index is -4.55. The predicted octanol–water partition coefficient (Wildman–Crippen LogP) is 6.56. The Labute approximate surface area is 226 Å². The molecule has 2 aromatic carbocycles. The summed E-state index contributed by atoms with van der Waals surface area (Å²) in [6.07, 6.45) is -1.88. The lowest BCUT2D eigenvalue weighted by atomic mass is 10.2. The van der Waals surface area contributed by atoms with Gasteiger partial charge in [-0.05, 0) is 61.5 Å². The molecule has 39 heavy (non-hydrogen) atoms. The standard InChI is InChI=1S/C27H24ClF3N4O4/c1-16(35-19-4-7-23(28)22(13-19)27(29,30)31)34-18-2-5-20(6-3-18)39-21-8-9-32-25(14-21)24-12-17(15-33-24)26(37)38-11-10-36/h2-9,12-16,33-36H,10-11H2,1H3. The number of anilines is 2. The van der Waals surface area contributed by atoms with E-state index in [1.54, 1.807) is 55.6 Å². The molecule has 0 aliphatic heterocycles. The zero-order valence-corrected chi connectivity index (χ0v) is 21.3. The van der Waals surface area contributed by atoms with Gasteiger partial charge in [-0.2, -0.15) is 13.2 Å². The van der Waals surface area contributed by atoms with Gasteiger partial charge in [-0.3, -0.25) is 4.98 Å². The van der Waals surface area contributed by atoms with Crippen LogP contribution in [0.5, 0.6) is 11.5 Å². The van der Waals surface area contributed by atoms with Crippen LogP contribution in [0.1, 0.15) is 22.8 Å². The minimum Gasteiger partial charge on any atom is -0.460 e. The van der Waals surface area contributed by atoms with Gasteiger partial charge >= 0.3 is 12.1 Å². The van der Waals surface area contributed by atoms with Gasteiger partial charge in [-0.1, -0.05) is 11.6 Å². The number of aliphatic hydroxyl groups excluding tert-OH is 1. The van der Waals surface area contributed by atoms with Crippen LogP contribution in [0.4, 0.5) is 24.5 Å². The van der Waals surface area contributed by atoms with Crippen LogP contribution in [0.15, 0.2) is 73.1 Å². The number of ether oxygens (including phenoxy) is 2. The fourth-order valence-corrected chi connectivity index (χ4v) is 3.85. The van der Waals surface area contributed by atoms with Crippen LogP contribution >= 0.6 is 11.6 Å². The van der Waals surface area contributed by atoms with E-state index in [-0.39, 0.29) is 23.9 Å². The first-order valence-electron chi connectivity index (χ1n) is 11.7. The summed E-state index contributed by atoms with van der Waals surface area (Å²) >= 11 is 5.68. The third kappa shape index (κ3) is 7.43. The molecule has 0 aliphatic rings. The largest absolute Gasteiger partial charge is 0.460 e. The summed E-state index contributed by atoms with van der Waals surface area (Å²) < 4.78 is 50.2. The molecule has 0 fully saturated rings. The first kappa shape index (κ1) is 27.8. The van der Waals surface area contributed by atoms with E-state index in [2.05, 4.69) is 20.6 Å². The number of hydrogen-bond donors (Lipinski definition) is 4. The van der Waals surface area contributed by atoms with E-state index in [1.165, 1.54) is 18.3 Å². The molecule has 2 heterocycles. The molecule has 2 aromatic heterocycles. The predicted molar refractivity (Wildman–Crippen MR) is 141 cm³/mol. The molecule has 0 aliphatic carbocycles. The van der Waals surface area contributed by atoms with E-state index in [0.29, 0.717) is 28.5 Å². The fourth-order valence-electron chi connectivity index (χ4n) is 3.63. The van der Waals surface area contributed by atoms with Gasteiger partial charge in [0.1, 0.15) is 18.1 Å². The van der Waals surface area contributed by atoms with Gasteiger partial charge in [0, 0.05) is 29.8 Å². The number of H-pyrrole nitrogens is 1. The van der Waals surface area contributed by atoms with Crippen molar-refractivity contribution in [3.05, 3.63) is 89.2 Å². The Morgan fingerprint density at radius 3 is 2.49 bits per heavy atom. The number of benzene rings is 2. The van der Waals surface area contributed by atoms with Crippen LogP contribution in [0.25, 0.3) is 11.4 Å². The van der Waals surface area contributed by atoms with Crippen molar-refractivity contribution in [2.75, 3.05) is 23.8 Å². The smallest absolute Gasteiger partial charge is 0.417 e. The van der Waals surface area contributed by atoms with E-state index in [4.69, 9.17) is 26.2 Å². The third-order valence-electron chi connectivity index (χ3n) is 5.38. The molecular formula is C27H24ClF3N4O4. The first-order valence-corrected chi connectivity index (χ1v) is 12.1. The van der Waals surface area contributed by atoms with Crippen molar-refractivity contribution < 1.29 is 32.5 Å². The van der Waals surface area contributed by atoms with E-state index in [1.807, 2.05) is 0 Å². The van der Waals surface area contributed by atoms with Crippen LogP contribution in [0, 0.1) is 0 Å². The quantitative estimate of drug-likeness (QED) is 0.128. The molecule has 1 atom stereocenters. The summed E-state index contributed by atoms with van der Waals surface area (Å²) in [5, 5.41) is 14.6. The molecule has 0 saturated carbocycles. The summed E-state index contributed by atoms with van der Waals surface area (Å²) in [5.74, 6) is 0.500. The number of aliphatic hydroxyl groups is 1. The van der Waals surface area contributed by atoms with Gasteiger partial charge in [-0.15, -0.1) is 0 Å². The van der Waals surface area contributed by atoms with Gasteiger partial charge in [0.2, 0.25) is 0 Å². The van der Waals surface area contributed by atoms with Crippen LogP contribution < -0.4 is 15.4 Å². The van der Waals surface area contributed by atoms with Gasteiger partial charge in [0.15, 0.2) is 0 Å². The van der Waals surface area contributed by atoms with Crippen LogP contribution in [-0.4, -0.2) is 40.4 Å². The summed E-state index contributed by atoms with van der Waals surface area (Å²) in [6, 6.07) is 15.7. The molecule has 4 rings (SSSR count). The van der Waals surface area contributed by atoms with Crippen LogP contribution in [0.2, 0.25) is 5.02 Å². The second kappa shape index (κ2) is 12.1. The van der Waals surface area contributed by atoms with Crippen molar-refractivity contribution in [3.8, 4) is 22.9 Å². The van der Waals surface area contributed by atoms with Crippen molar-refractivity contribution in [1.82, 2.24) is 9.97 Å². The van der Waals surface area contributed by atoms with Crippen molar-refractivity contribution in [3.63, 3.8) is 0 Å². The zero-order valence-electron chi connectivity index (χ0n) is 20.6. The summed E-state index contributed by atoms with van der Waals surface area (Å²) in [7, 11) is 0. The van der Waals surface area contributed by atoms with Gasteiger partial charge < -0.3 is 30.2 Å². The summed E-state index contributed by atoms with van der Waals surface area (Å²) in [4.78, 5) is 19.2. The number of nitrogens with one attached hydrogen (secondary N) is 3. The Kier molecular flexibility index (Phi) is 8.62. The maximum absolute atomic E-state index is 13.1. The highest BCUT2D eigenvalue weighted by atomic mass is 35.5. The Hall–Kier alpha value is -4.22. The number of halogens is 4. The number of hydrogen-bond acceptors (Lipinski definition) is 7. The van der Waals surface area contributed by atoms with Crippen molar-refractivity contribution in [2.45, 2.75) is 19.3 Å². The maximum Gasteiger partial charge on any atom is 0.417 e. The Bertz CT molecular complexity index is 1430. The average molecular weight is 561 g/mol. The fraction of sp³-hybridized carbons (Fsp3) is 0.185. The molecule has 4 aromatic rings. The molecule has 0 radical (unpaired) electrons. The summed E-state index contributed by atoms with van der Waals surface area (Å²) in [5.41, 5.74) is 1.52. The van der Waals surface area contributed by atoms with Crippen molar-refractivity contribution in [1.29, 1.82) is 0 Å². The lowest BCUT2D eigenvalue weighted by Gasteiger charge is -2.20. The normalized spacial score (nSPS) is 12.1. The molecule has 0 amide bonds. The zero-order chi connectivity index (χ0) is 28.0. The number of nitrogens with zero attached hydrogens (tertiary/aromatic N) is 1. The molecule has 1 unspecified atom stereocenters. The highest BCUT2D eigenvalue weighted by Crippen LogP contribution is 2.36. The van der Waals surface area contributed by atoms with Crippen molar-refractivity contribution in [2.24, 2.45) is 0 Å². The molecule has 12 heteroatoms. The highest BCUT2D eigenvalue weighted by molar-refractivity contribution is 6.31. The summed E-state index contributed by atoms with van der Waals surface area (Å²) in [6.45, 7) is 1.42. The number of carbonyl (C=O) groups is 1. The first-order chi connectivity index (χ1) is 18.6. The molecule has 204 valence electrons. The topological polar surface area (TPSA) is 108 Å². The number of aromatic amines is 1. The molecule has 0 bridgehead atoms. The number of aromatic nitrogens is 2. The average Bonchev–Trinajstić information content (AvgIpc) is 3.40. The van der Waals surface area contributed by atoms with Crippen LogP contribution in [0.3, 0.4) is 0 Å². The SMILES string of the molecule is CC(Nc1ccc(Oc2ccnc(-c3cc(C(=O)OCCO)c[nH]3)c2)cc1)Nc1ccc(Cl)c(C(F)(F)F)c1. The van der Waals surface area contributed by atoms with E-state index in [9.17, 15) is 18.0 Å². The molecule has 4 N–H and O–H groups in total. The molecule has 0 spiro atoms. The molecule has 0 saturated heterocycles. The van der Waals surface area contributed by atoms with Gasteiger partial charge in [0.25, 0.3) is 0 Å². The lowest BCUT2D eigenvalue weighted by molar-refractivity contribution is -0.137.